The molecule has 0 radical (unpaired) electrons. The Morgan fingerprint density at radius 1 is 1.43 bits per heavy atom. The van der Waals surface area contributed by atoms with E-state index in [1.54, 1.807) is 6.92 Å². The van der Waals surface area contributed by atoms with Gasteiger partial charge in [-0.1, -0.05) is 13.8 Å². The second-order valence-corrected chi connectivity index (χ2v) is 6.66. The Kier molecular flexibility index (Phi) is 4.72. The molecule has 2 rings (SSSR count). The summed E-state index contributed by atoms with van der Waals surface area (Å²) in [6, 6.07) is 0. The topological polar surface area (TPSA) is 75.4 Å². The molecule has 2 heterocycles. The van der Waals surface area contributed by atoms with Crippen LogP contribution in [0.15, 0.2) is 6.20 Å². The van der Waals surface area contributed by atoms with Crippen LogP contribution in [0.25, 0.3) is 0 Å². The van der Waals surface area contributed by atoms with Crippen molar-refractivity contribution in [1.29, 1.82) is 0 Å². The number of nitrogens with zero attached hydrogens (tertiary/aromatic N) is 3. The number of aromatic nitrogens is 2. The number of rotatable bonds is 5. The fourth-order valence-corrected chi connectivity index (χ4v) is 2.76. The molecule has 1 saturated heterocycles. The van der Waals surface area contributed by atoms with E-state index in [1.807, 2.05) is 13.8 Å². The van der Waals surface area contributed by atoms with Crippen LogP contribution in [0, 0.1) is 11.3 Å². The highest BCUT2D eigenvalue weighted by molar-refractivity contribution is 5.96. The van der Waals surface area contributed by atoms with Gasteiger partial charge in [-0.05, 0) is 19.3 Å². The Bertz CT molecular complexity index is 615. The SMILES string of the molecule is CC(C)Cn1ncc(C(=O)N2CCC(C)(C(=O)O)C2)c1C(F)F. The Balaban J connectivity index is 2.27. The zero-order chi connectivity index (χ0) is 17.4. The lowest BCUT2D eigenvalue weighted by Crippen LogP contribution is -2.35. The molecule has 1 aliphatic rings. The molecule has 0 spiro atoms. The van der Waals surface area contributed by atoms with Gasteiger partial charge in [-0.15, -0.1) is 0 Å². The van der Waals surface area contributed by atoms with Crippen molar-refractivity contribution in [3.63, 3.8) is 0 Å². The second-order valence-electron chi connectivity index (χ2n) is 6.66. The van der Waals surface area contributed by atoms with Crippen molar-refractivity contribution >= 4 is 11.9 Å². The minimum atomic E-state index is -2.82. The Morgan fingerprint density at radius 3 is 2.57 bits per heavy atom. The summed E-state index contributed by atoms with van der Waals surface area (Å²) in [6.45, 7) is 5.84. The summed E-state index contributed by atoms with van der Waals surface area (Å²) < 4.78 is 27.9. The summed E-state index contributed by atoms with van der Waals surface area (Å²) in [6.07, 6.45) is -1.36. The molecule has 1 aliphatic heterocycles. The Labute approximate surface area is 133 Å². The van der Waals surface area contributed by atoms with Gasteiger partial charge < -0.3 is 10.0 Å². The van der Waals surface area contributed by atoms with E-state index in [0.717, 1.165) is 10.9 Å². The number of alkyl halides is 2. The molecule has 8 heteroatoms. The number of hydrogen-bond acceptors (Lipinski definition) is 3. The van der Waals surface area contributed by atoms with E-state index in [-0.39, 0.29) is 24.6 Å². The Morgan fingerprint density at radius 2 is 2.09 bits per heavy atom. The first kappa shape index (κ1) is 17.4. The maximum absolute atomic E-state index is 13.4. The molecular formula is C15H21F2N3O3. The molecule has 0 aromatic carbocycles. The molecule has 1 aromatic rings. The summed E-state index contributed by atoms with van der Waals surface area (Å²) in [4.78, 5) is 25.1. The molecule has 1 N–H and O–H groups in total. The lowest BCUT2D eigenvalue weighted by molar-refractivity contribution is -0.147. The van der Waals surface area contributed by atoms with Crippen molar-refractivity contribution in [3.8, 4) is 0 Å². The van der Waals surface area contributed by atoms with E-state index in [1.165, 1.54) is 4.90 Å². The molecule has 6 nitrogen and oxygen atoms in total. The van der Waals surface area contributed by atoms with Crippen molar-refractivity contribution in [2.24, 2.45) is 11.3 Å². The van der Waals surface area contributed by atoms with Crippen LogP contribution in [0.1, 0.15) is 49.7 Å². The summed E-state index contributed by atoms with van der Waals surface area (Å²) in [5.41, 5.74) is -1.57. The third-order valence-electron chi connectivity index (χ3n) is 4.13. The number of likely N-dealkylation sites (tertiary alicyclic amines) is 1. The highest BCUT2D eigenvalue weighted by Crippen LogP contribution is 2.32. The maximum Gasteiger partial charge on any atom is 0.311 e. The predicted molar refractivity (Wildman–Crippen MR) is 78.3 cm³/mol. The monoisotopic (exact) mass is 329 g/mol. The first-order chi connectivity index (χ1) is 10.7. The van der Waals surface area contributed by atoms with Crippen molar-refractivity contribution in [2.75, 3.05) is 13.1 Å². The zero-order valence-electron chi connectivity index (χ0n) is 13.4. The average Bonchev–Trinajstić information content (AvgIpc) is 3.02. The predicted octanol–water partition coefficient (Wildman–Crippen LogP) is 2.41. The number of carbonyl (C=O) groups is 2. The molecule has 23 heavy (non-hydrogen) atoms. The van der Waals surface area contributed by atoms with E-state index in [2.05, 4.69) is 5.10 Å². The highest BCUT2D eigenvalue weighted by atomic mass is 19.3. The zero-order valence-corrected chi connectivity index (χ0v) is 13.4. The number of carbonyl (C=O) groups excluding carboxylic acids is 1. The van der Waals surface area contributed by atoms with E-state index in [4.69, 9.17) is 0 Å². The number of carboxylic acids is 1. The quantitative estimate of drug-likeness (QED) is 0.900. The summed E-state index contributed by atoms with van der Waals surface area (Å²) in [7, 11) is 0. The van der Waals surface area contributed by atoms with E-state index < -0.39 is 29.4 Å². The van der Waals surface area contributed by atoms with Gasteiger partial charge in [0.2, 0.25) is 0 Å². The maximum atomic E-state index is 13.4. The molecular weight excluding hydrogens is 308 g/mol. The minimum Gasteiger partial charge on any atom is -0.481 e. The fourth-order valence-electron chi connectivity index (χ4n) is 2.76. The average molecular weight is 329 g/mol. The van der Waals surface area contributed by atoms with Gasteiger partial charge in [-0.3, -0.25) is 14.3 Å². The molecule has 0 saturated carbocycles. The van der Waals surface area contributed by atoms with Crippen LogP contribution < -0.4 is 0 Å². The van der Waals surface area contributed by atoms with Crippen LogP contribution in [0.3, 0.4) is 0 Å². The number of halogens is 2. The number of amides is 1. The lowest BCUT2D eigenvalue weighted by Gasteiger charge is -2.20. The summed E-state index contributed by atoms with van der Waals surface area (Å²) in [5, 5.41) is 13.1. The van der Waals surface area contributed by atoms with Crippen LogP contribution in [-0.2, 0) is 11.3 Å². The normalized spacial score (nSPS) is 21.4. The van der Waals surface area contributed by atoms with Crippen LogP contribution in [-0.4, -0.2) is 44.8 Å². The molecule has 1 fully saturated rings. The lowest BCUT2D eigenvalue weighted by atomic mass is 9.90. The summed E-state index contributed by atoms with van der Waals surface area (Å²) in [5.74, 6) is -1.46. The van der Waals surface area contributed by atoms with Crippen LogP contribution in [0.2, 0.25) is 0 Å². The van der Waals surface area contributed by atoms with Crippen molar-refractivity contribution in [2.45, 2.75) is 40.2 Å². The van der Waals surface area contributed by atoms with Gasteiger partial charge >= 0.3 is 5.97 Å². The van der Waals surface area contributed by atoms with Crippen molar-refractivity contribution < 1.29 is 23.5 Å². The second kappa shape index (κ2) is 6.25. The summed E-state index contributed by atoms with van der Waals surface area (Å²) >= 11 is 0. The highest BCUT2D eigenvalue weighted by Gasteiger charge is 2.43. The molecule has 0 bridgehead atoms. The molecule has 0 aliphatic carbocycles. The van der Waals surface area contributed by atoms with E-state index in [0.29, 0.717) is 13.0 Å². The number of carboxylic acid groups (broad SMARTS) is 1. The largest absolute Gasteiger partial charge is 0.481 e. The van der Waals surface area contributed by atoms with Gasteiger partial charge in [0.05, 0.1) is 17.2 Å². The number of hydrogen-bond donors (Lipinski definition) is 1. The molecule has 1 atom stereocenters. The molecule has 1 amide bonds. The first-order valence-electron chi connectivity index (χ1n) is 7.52. The third kappa shape index (κ3) is 3.35. The van der Waals surface area contributed by atoms with Gasteiger partial charge in [0.25, 0.3) is 12.3 Å². The molecule has 128 valence electrons. The van der Waals surface area contributed by atoms with Gasteiger partial charge in [0.15, 0.2) is 0 Å². The fraction of sp³-hybridized carbons (Fsp3) is 0.667. The van der Waals surface area contributed by atoms with Crippen LogP contribution >= 0.6 is 0 Å². The standard InChI is InChI=1S/C15H21F2N3O3/c1-9(2)7-20-11(12(16)17)10(6-18-20)13(21)19-5-4-15(3,8-19)14(22)23/h6,9,12H,4-5,7-8H2,1-3H3,(H,22,23). The van der Waals surface area contributed by atoms with E-state index in [9.17, 15) is 23.5 Å². The van der Waals surface area contributed by atoms with Gasteiger partial charge in [0.1, 0.15) is 5.69 Å². The van der Waals surface area contributed by atoms with Crippen LogP contribution in [0.5, 0.6) is 0 Å². The van der Waals surface area contributed by atoms with Gasteiger partial charge in [-0.2, -0.15) is 5.10 Å². The first-order valence-corrected chi connectivity index (χ1v) is 7.52. The van der Waals surface area contributed by atoms with Crippen LogP contribution in [0.4, 0.5) is 8.78 Å². The van der Waals surface area contributed by atoms with Gasteiger partial charge in [-0.25, -0.2) is 8.78 Å². The Hall–Kier alpha value is -1.99. The third-order valence-corrected chi connectivity index (χ3v) is 4.13. The van der Waals surface area contributed by atoms with Gasteiger partial charge in [0, 0.05) is 19.6 Å². The van der Waals surface area contributed by atoms with Crippen molar-refractivity contribution in [1.82, 2.24) is 14.7 Å². The smallest absolute Gasteiger partial charge is 0.311 e. The van der Waals surface area contributed by atoms with E-state index >= 15 is 0 Å². The molecule has 1 aromatic heterocycles. The number of aliphatic carboxylic acids is 1. The minimum absolute atomic E-state index is 0.0131. The van der Waals surface area contributed by atoms with Crippen molar-refractivity contribution in [3.05, 3.63) is 17.5 Å². The molecule has 1 unspecified atom stereocenters.